The smallest absolute Gasteiger partial charge is 0.358 e. The van der Waals surface area contributed by atoms with Crippen molar-refractivity contribution in [1.82, 2.24) is 10.3 Å². The molecule has 1 saturated heterocycles. The quantitative estimate of drug-likeness (QED) is 0.585. The molecule has 1 aliphatic rings. The summed E-state index contributed by atoms with van der Waals surface area (Å²) >= 11 is 3.13. The lowest BCUT2D eigenvalue weighted by Crippen LogP contribution is -2.52. The first-order valence-corrected chi connectivity index (χ1v) is 8.84. The third-order valence-corrected chi connectivity index (χ3v) is 4.79. The van der Waals surface area contributed by atoms with Crippen LogP contribution in [-0.4, -0.2) is 34.3 Å². The molecule has 0 bridgehead atoms. The molecule has 1 aromatic heterocycles. The number of amides is 2. The van der Waals surface area contributed by atoms with E-state index >= 15 is 0 Å². The second-order valence-electron chi connectivity index (χ2n) is 5.89. The third kappa shape index (κ3) is 3.95. The van der Waals surface area contributed by atoms with Crippen LogP contribution in [0.4, 0.5) is 15.9 Å². The summed E-state index contributed by atoms with van der Waals surface area (Å²) < 4.78 is 14.3. The van der Waals surface area contributed by atoms with Crippen molar-refractivity contribution in [2.24, 2.45) is 0 Å². The van der Waals surface area contributed by atoms with Gasteiger partial charge in [0, 0.05) is 12.6 Å². The predicted molar refractivity (Wildman–Crippen MR) is 97.8 cm³/mol. The zero-order valence-electron chi connectivity index (χ0n) is 13.9. The third-order valence-electron chi connectivity index (χ3n) is 4.16. The Morgan fingerprint density at radius 1 is 1.41 bits per heavy atom. The molecule has 2 aromatic rings. The number of nitrogens with zero attached hydrogens (tertiary/aromatic N) is 3. The molecule has 1 aliphatic heterocycles. The molecular formula is C17H14BrFN4O4. The molecule has 1 N–H and O–H groups in total. The van der Waals surface area contributed by atoms with E-state index in [1.165, 1.54) is 23.1 Å². The number of piperidine rings is 1. The van der Waals surface area contributed by atoms with E-state index < -0.39 is 34.4 Å². The Morgan fingerprint density at radius 3 is 2.85 bits per heavy atom. The van der Waals surface area contributed by atoms with Gasteiger partial charge in [-0.2, -0.15) is 0 Å². The van der Waals surface area contributed by atoms with Crippen LogP contribution in [-0.2, 0) is 4.79 Å². The van der Waals surface area contributed by atoms with Crippen LogP contribution >= 0.6 is 15.9 Å². The minimum Gasteiger partial charge on any atom is -0.358 e. The topological polar surface area (TPSA) is 105 Å². The number of nitro groups is 1. The number of carbonyl (C=O) groups is 2. The SMILES string of the molecule is O=C(N[C@@H]1CCCN(c2ccccc2F)C1=O)c1cc([N+](=O)[O-])ncc1Br. The molecule has 2 amide bonds. The van der Waals surface area contributed by atoms with E-state index in [1.54, 1.807) is 6.07 Å². The maximum Gasteiger partial charge on any atom is 0.364 e. The Kier molecular flexibility index (Phi) is 5.45. The number of hydrogen-bond donors (Lipinski definition) is 1. The number of halogens is 2. The normalized spacial score (nSPS) is 16.9. The summed E-state index contributed by atoms with van der Waals surface area (Å²) in [6, 6.07) is 6.09. The van der Waals surface area contributed by atoms with Crippen LogP contribution in [0.15, 0.2) is 41.0 Å². The number of pyridine rings is 1. The molecule has 3 rings (SSSR count). The van der Waals surface area contributed by atoms with Crippen molar-refractivity contribution in [1.29, 1.82) is 0 Å². The first-order valence-electron chi connectivity index (χ1n) is 8.05. The monoisotopic (exact) mass is 436 g/mol. The van der Waals surface area contributed by atoms with Gasteiger partial charge < -0.3 is 20.3 Å². The van der Waals surface area contributed by atoms with Crippen molar-refractivity contribution in [2.75, 3.05) is 11.4 Å². The van der Waals surface area contributed by atoms with E-state index in [9.17, 15) is 24.1 Å². The van der Waals surface area contributed by atoms with Crippen LogP contribution in [0.5, 0.6) is 0 Å². The van der Waals surface area contributed by atoms with Gasteiger partial charge in [0.05, 0.1) is 15.7 Å². The van der Waals surface area contributed by atoms with Crippen molar-refractivity contribution in [3.05, 3.63) is 62.5 Å². The van der Waals surface area contributed by atoms with Gasteiger partial charge in [0.15, 0.2) is 6.20 Å². The van der Waals surface area contributed by atoms with Gasteiger partial charge in [0.1, 0.15) is 11.9 Å². The molecule has 1 aromatic carbocycles. The van der Waals surface area contributed by atoms with E-state index in [2.05, 4.69) is 26.2 Å². The Hall–Kier alpha value is -2.88. The lowest BCUT2D eigenvalue weighted by molar-refractivity contribution is -0.389. The molecule has 0 aliphatic carbocycles. The van der Waals surface area contributed by atoms with Crippen molar-refractivity contribution < 1.29 is 18.9 Å². The van der Waals surface area contributed by atoms with E-state index in [0.717, 1.165) is 12.3 Å². The van der Waals surface area contributed by atoms with E-state index in [1.807, 2.05) is 0 Å². The summed E-state index contributed by atoms with van der Waals surface area (Å²) in [4.78, 5) is 40.3. The predicted octanol–water partition coefficient (Wildman–Crippen LogP) is 2.82. The van der Waals surface area contributed by atoms with Gasteiger partial charge in [-0.15, -0.1) is 0 Å². The average Bonchev–Trinajstić information content (AvgIpc) is 2.64. The highest BCUT2D eigenvalue weighted by atomic mass is 79.9. The number of carbonyl (C=O) groups excluding carboxylic acids is 2. The zero-order chi connectivity index (χ0) is 19.6. The molecular weight excluding hydrogens is 423 g/mol. The van der Waals surface area contributed by atoms with Gasteiger partial charge in [-0.1, -0.05) is 12.1 Å². The summed E-state index contributed by atoms with van der Waals surface area (Å²) in [6.45, 7) is 0.344. The fourth-order valence-corrected chi connectivity index (χ4v) is 3.25. The molecule has 0 spiro atoms. The number of rotatable bonds is 4. The Morgan fingerprint density at radius 2 is 2.15 bits per heavy atom. The van der Waals surface area contributed by atoms with Gasteiger partial charge in [-0.3, -0.25) is 9.59 Å². The number of hydrogen-bond acceptors (Lipinski definition) is 5. The molecule has 140 valence electrons. The molecule has 0 saturated carbocycles. The first kappa shape index (κ1) is 18.9. The second kappa shape index (κ2) is 7.78. The van der Waals surface area contributed by atoms with Gasteiger partial charge >= 0.3 is 5.82 Å². The second-order valence-corrected chi connectivity index (χ2v) is 6.74. The van der Waals surface area contributed by atoms with Gasteiger partial charge in [-0.25, -0.2) is 4.39 Å². The van der Waals surface area contributed by atoms with Crippen LogP contribution in [0.1, 0.15) is 23.2 Å². The fourth-order valence-electron chi connectivity index (χ4n) is 2.86. The number of nitrogens with one attached hydrogen (secondary N) is 1. The summed E-state index contributed by atoms with van der Waals surface area (Å²) in [7, 11) is 0. The van der Waals surface area contributed by atoms with E-state index in [0.29, 0.717) is 19.4 Å². The molecule has 1 fully saturated rings. The molecule has 0 unspecified atom stereocenters. The van der Waals surface area contributed by atoms with Crippen LogP contribution in [0.2, 0.25) is 0 Å². The lowest BCUT2D eigenvalue weighted by Gasteiger charge is -2.32. The Balaban J connectivity index is 1.80. The van der Waals surface area contributed by atoms with Crippen molar-refractivity contribution in [2.45, 2.75) is 18.9 Å². The summed E-state index contributed by atoms with van der Waals surface area (Å²) in [5.41, 5.74) is 0.148. The molecule has 10 heteroatoms. The molecule has 2 heterocycles. The lowest BCUT2D eigenvalue weighted by atomic mass is 10.0. The summed E-state index contributed by atoms with van der Waals surface area (Å²) in [5.74, 6) is -2.09. The minimum atomic E-state index is -0.857. The number of benzene rings is 1. The van der Waals surface area contributed by atoms with Crippen molar-refractivity contribution in [3.8, 4) is 0 Å². The molecule has 1 atom stereocenters. The first-order chi connectivity index (χ1) is 12.9. The van der Waals surface area contributed by atoms with Crippen LogP contribution in [0.25, 0.3) is 0 Å². The maximum absolute atomic E-state index is 14.0. The standard InChI is InChI=1S/C17H14BrFN4O4/c18-11-9-20-15(23(26)27)8-10(11)16(24)21-13-5-3-7-22(17(13)25)14-6-2-1-4-12(14)19/h1-2,4,6,8-9,13H,3,5,7H2,(H,21,24)/t13-/m1/s1. The minimum absolute atomic E-state index is 0.00693. The average molecular weight is 437 g/mol. The van der Waals surface area contributed by atoms with Crippen LogP contribution < -0.4 is 10.2 Å². The highest BCUT2D eigenvalue weighted by molar-refractivity contribution is 9.10. The summed E-state index contributed by atoms with van der Waals surface area (Å²) in [5, 5.41) is 13.4. The largest absolute Gasteiger partial charge is 0.364 e. The maximum atomic E-state index is 14.0. The Labute approximate surface area is 161 Å². The number of para-hydroxylation sites is 1. The molecule has 0 radical (unpaired) electrons. The van der Waals surface area contributed by atoms with Gasteiger partial charge in [-0.05, 0) is 50.8 Å². The van der Waals surface area contributed by atoms with Gasteiger partial charge in [0.25, 0.3) is 5.91 Å². The van der Waals surface area contributed by atoms with E-state index in [-0.39, 0.29) is 15.7 Å². The Bertz CT molecular complexity index is 924. The molecule has 8 nitrogen and oxygen atoms in total. The zero-order valence-corrected chi connectivity index (χ0v) is 15.5. The summed E-state index contributed by atoms with van der Waals surface area (Å²) in [6.07, 6.45) is 2.12. The molecule has 27 heavy (non-hydrogen) atoms. The highest BCUT2D eigenvalue weighted by Gasteiger charge is 2.32. The van der Waals surface area contributed by atoms with Crippen LogP contribution in [0, 0.1) is 15.9 Å². The highest BCUT2D eigenvalue weighted by Crippen LogP contribution is 2.25. The van der Waals surface area contributed by atoms with Crippen LogP contribution in [0.3, 0.4) is 0 Å². The number of aromatic nitrogens is 1. The number of anilines is 1. The van der Waals surface area contributed by atoms with Crippen molar-refractivity contribution in [3.63, 3.8) is 0 Å². The van der Waals surface area contributed by atoms with Gasteiger partial charge in [0.2, 0.25) is 5.91 Å². The fraction of sp³-hybridized carbons (Fsp3) is 0.235. The van der Waals surface area contributed by atoms with Crippen molar-refractivity contribution >= 4 is 39.2 Å². The van der Waals surface area contributed by atoms with E-state index in [4.69, 9.17) is 0 Å².